The maximum atomic E-state index is 13.1. The molecule has 8 heteroatoms. The number of rotatable bonds is 4. The highest BCUT2D eigenvalue weighted by molar-refractivity contribution is 5.79. The van der Waals surface area contributed by atoms with Crippen molar-refractivity contribution in [2.24, 2.45) is 0 Å². The van der Waals surface area contributed by atoms with E-state index >= 15 is 0 Å². The number of carbonyl (C=O) groups excluding carboxylic acids is 2. The standard InChI is InChI=1S/C22H26FN5O2/c1-14(29)27-9-7-16(12-27)21-25-19-8-10-28(13-18(19)22(24-2)26-21)20(30)11-15-3-5-17(23)6-4-15/h3-6,16H,7-13H2,1-2H3,(H,24,25,26)/t16-/m1/s1. The Balaban J connectivity index is 1.50. The molecule has 1 fully saturated rings. The molecule has 0 radical (unpaired) electrons. The molecule has 0 bridgehead atoms. The quantitative estimate of drug-likeness (QED) is 0.834. The van der Waals surface area contributed by atoms with Crippen LogP contribution in [0, 0.1) is 5.82 Å². The maximum absolute atomic E-state index is 13.1. The summed E-state index contributed by atoms with van der Waals surface area (Å²) in [4.78, 5) is 37.6. The number of carbonyl (C=O) groups is 2. The molecule has 1 saturated heterocycles. The molecule has 30 heavy (non-hydrogen) atoms. The summed E-state index contributed by atoms with van der Waals surface area (Å²) in [6.45, 7) is 4.03. The molecule has 0 saturated carbocycles. The van der Waals surface area contributed by atoms with Crippen LogP contribution in [0.15, 0.2) is 24.3 Å². The first-order chi connectivity index (χ1) is 14.4. The Morgan fingerprint density at radius 2 is 1.93 bits per heavy atom. The lowest BCUT2D eigenvalue weighted by atomic mass is 10.0. The number of hydrogen-bond acceptors (Lipinski definition) is 5. The predicted molar refractivity (Wildman–Crippen MR) is 110 cm³/mol. The molecule has 1 aromatic carbocycles. The average Bonchev–Trinajstić information content (AvgIpc) is 3.25. The van der Waals surface area contributed by atoms with Crippen molar-refractivity contribution in [2.45, 2.75) is 38.6 Å². The largest absolute Gasteiger partial charge is 0.373 e. The van der Waals surface area contributed by atoms with Crippen molar-refractivity contribution in [3.8, 4) is 0 Å². The smallest absolute Gasteiger partial charge is 0.227 e. The molecule has 0 spiro atoms. The molecular weight excluding hydrogens is 385 g/mol. The summed E-state index contributed by atoms with van der Waals surface area (Å²) in [6.07, 6.45) is 1.77. The normalized spacial score (nSPS) is 18.3. The molecule has 2 amide bonds. The number of amides is 2. The zero-order valence-electron chi connectivity index (χ0n) is 17.3. The van der Waals surface area contributed by atoms with E-state index in [-0.39, 0.29) is 30.0 Å². The van der Waals surface area contributed by atoms with E-state index in [0.29, 0.717) is 26.1 Å². The number of anilines is 1. The van der Waals surface area contributed by atoms with Gasteiger partial charge in [-0.1, -0.05) is 12.1 Å². The van der Waals surface area contributed by atoms with Crippen molar-refractivity contribution < 1.29 is 14.0 Å². The first kappa shape index (κ1) is 20.3. The van der Waals surface area contributed by atoms with Gasteiger partial charge in [0.05, 0.1) is 18.7 Å². The van der Waals surface area contributed by atoms with Gasteiger partial charge in [0.15, 0.2) is 0 Å². The second kappa shape index (κ2) is 8.38. The van der Waals surface area contributed by atoms with Crippen LogP contribution in [0.2, 0.25) is 0 Å². The van der Waals surface area contributed by atoms with Gasteiger partial charge in [-0.15, -0.1) is 0 Å². The van der Waals surface area contributed by atoms with Crippen LogP contribution < -0.4 is 5.32 Å². The van der Waals surface area contributed by atoms with Crippen molar-refractivity contribution in [3.05, 3.63) is 52.7 Å². The van der Waals surface area contributed by atoms with Crippen molar-refractivity contribution in [2.75, 3.05) is 32.0 Å². The number of hydrogen-bond donors (Lipinski definition) is 1. The Bertz CT molecular complexity index is 945. The van der Waals surface area contributed by atoms with E-state index in [1.165, 1.54) is 12.1 Å². The van der Waals surface area contributed by atoms with E-state index in [4.69, 9.17) is 9.97 Å². The molecule has 2 aliphatic rings. The van der Waals surface area contributed by atoms with Gasteiger partial charge in [0.2, 0.25) is 11.8 Å². The van der Waals surface area contributed by atoms with Crippen LogP contribution in [-0.2, 0) is 29.0 Å². The molecule has 0 unspecified atom stereocenters. The summed E-state index contributed by atoms with van der Waals surface area (Å²) in [6, 6.07) is 6.04. The number of aromatic nitrogens is 2. The first-order valence-corrected chi connectivity index (χ1v) is 10.3. The zero-order valence-corrected chi connectivity index (χ0v) is 17.3. The molecule has 2 aromatic rings. The van der Waals surface area contributed by atoms with Crippen LogP contribution >= 0.6 is 0 Å². The topological polar surface area (TPSA) is 78.4 Å². The average molecular weight is 411 g/mol. The van der Waals surface area contributed by atoms with Gasteiger partial charge in [0.25, 0.3) is 0 Å². The summed E-state index contributed by atoms with van der Waals surface area (Å²) in [7, 11) is 1.82. The SMILES string of the molecule is CNc1nc([C@@H]2CCN(C(C)=O)C2)nc2c1CN(C(=O)Cc1ccc(F)cc1)CC2. The van der Waals surface area contributed by atoms with Crippen LogP contribution in [0.4, 0.5) is 10.2 Å². The van der Waals surface area contributed by atoms with Crippen molar-refractivity contribution >= 4 is 17.6 Å². The maximum Gasteiger partial charge on any atom is 0.227 e. The molecule has 1 N–H and O–H groups in total. The molecule has 4 rings (SSSR count). The summed E-state index contributed by atoms with van der Waals surface area (Å²) < 4.78 is 13.1. The lowest BCUT2D eigenvalue weighted by molar-refractivity contribution is -0.131. The highest BCUT2D eigenvalue weighted by atomic mass is 19.1. The van der Waals surface area contributed by atoms with Gasteiger partial charge in [-0.25, -0.2) is 14.4 Å². The molecule has 3 heterocycles. The van der Waals surface area contributed by atoms with Gasteiger partial charge in [0.1, 0.15) is 17.5 Å². The molecule has 1 aromatic heterocycles. The molecule has 2 aliphatic heterocycles. The fourth-order valence-corrected chi connectivity index (χ4v) is 4.18. The van der Waals surface area contributed by atoms with Crippen LogP contribution in [0.1, 0.15) is 41.9 Å². The fourth-order valence-electron chi connectivity index (χ4n) is 4.18. The zero-order chi connectivity index (χ0) is 21.3. The lowest BCUT2D eigenvalue weighted by Gasteiger charge is -2.30. The summed E-state index contributed by atoms with van der Waals surface area (Å²) in [5, 5.41) is 3.16. The van der Waals surface area contributed by atoms with Crippen LogP contribution in [0.25, 0.3) is 0 Å². The third-order valence-corrected chi connectivity index (χ3v) is 5.93. The van der Waals surface area contributed by atoms with Crippen molar-refractivity contribution in [1.82, 2.24) is 19.8 Å². The van der Waals surface area contributed by atoms with Gasteiger partial charge in [0, 0.05) is 51.5 Å². The minimum atomic E-state index is -0.307. The molecule has 1 atom stereocenters. The minimum Gasteiger partial charge on any atom is -0.373 e. The van der Waals surface area contributed by atoms with Gasteiger partial charge in [-0.3, -0.25) is 9.59 Å². The Kier molecular flexibility index (Phi) is 5.65. The van der Waals surface area contributed by atoms with Crippen LogP contribution in [0.3, 0.4) is 0 Å². The third kappa shape index (κ3) is 4.13. The summed E-state index contributed by atoms with van der Waals surface area (Å²) >= 11 is 0. The third-order valence-electron chi connectivity index (χ3n) is 5.93. The molecular formula is C22H26FN5O2. The van der Waals surface area contributed by atoms with E-state index in [1.54, 1.807) is 19.1 Å². The number of likely N-dealkylation sites (tertiary alicyclic amines) is 1. The predicted octanol–water partition coefficient (Wildman–Crippen LogP) is 2.12. The highest BCUT2D eigenvalue weighted by Gasteiger charge is 2.31. The molecule has 0 aliphatic carbocycles. The second-order valence-electron chi connectivity index (χ2n) is 7.92. The van der Waals surface area contributed by atoms with E-state index in [9.17, 15) is 14.0 Å². The first-order valence-electron chi connectivity index (χ1n) is 10.3. The van der Waals surface area contributed by atoms with E-state index in [2.05, 4.69) is 5.32 Å². The van der Waals surface area contributed by atoms with Gasteiger partial charge in [-0.2, -0.15) is 0 Å². The Labute approximate surface area is 175 Å². The minimum absolute atomic E-state index is 0.00582. The van der Waals surface area contributed by atoms with Crippen LogP contribution in [-0.4, -0.2) is 58.3 Å². The summed E-state index contributed by atoms with van der Waals surface area (Å²) in [5.41, 5.74) is 2.71. The second-order valence-corrected chi connectivity index (χ2v) is 7.92. The van der Waals surface area contributed by atoms with Gasteiger partial charge >= 0.3 is 0 Å². The number of benzene rings is 1. The lowest BCUT2D eigenvalue weighted by Crippen LogP contribution is -2.38. The van der Waals surface area contributed by atoms with Crippen molar-refractivity contribution in [1.29, 1.82) is 0 Å². The van der Waals surface area contributed by atoms with Crippen LogP contribution in [0.5, 0.6) is 0 Å². The highest BCUT2D eigenvalue weighted by Crippen LogP contribution is 2.30. The monoisotopic (exact) mass is 411 g/mol. The number of halogens is 1. The Morgan fingerprint density at radius 3 is 2.60 bits per heavy atom. The molecule has 158 valence electrons. The number of nitrogens with one attached hydrogen (secondary N) is 1. The molecule has 7 nitrogen and oxygen atoms in total. The van der Waals surface area contributed by atoms with E-state index in [1.807, 2.05) is 16.8 Å². The fraction of sp³-hybridized carbons (Fsp3) is 0.455. The number of nitrogens with zero attached hydrogens (tertiary/aromatic N) is 4. The number of fused-ring (bicyclic) bond motifs is 1. The Morgan fingerprint density at radius 1 is 1.17 bits per heavy atom. The summed E-state index contributed by atoms with van der Waals surface area (Å²) in [5.74, 6) is 1.44. The van der Waals surface area contributed by atoms with Gasteiger partial charge in [-0.05, 0) is 24.1 Å². The van der Waals surface area contributed by atoms with E-state index < -0.39 is 0 Å². The van der Waals surface area contributed by atoms with Gasteiger partial charge < -0.3 is 15.1 Å². The Hall–Kier alpha value is -3.03. The van der Waals surface area contributed by atoms with E-state index in [0.717, 1.165) is 41.4 Å². The van der Waals surface area contributed by atoms with Crippen molar-refractivity contribution in [3.63, 3.8) is 0 Å².